The van der Waals surface area contributed by atoms with E-state index in [4.69, 9.17) is 10.5 Å². The van der Waals surface area contributed by atoms with Crippen LogP contribution in [0.3, 0.4) is 0 Å². The Bertz CT molecular complexity index is 257. The Morgan fingerprint density at radius 1 is 1.50 bits per heavy atom. The van der Waals surface area contributed by atoms with Gasteiger partial charge in [-0.2, -0.15) is 0 Å². The van der Waals surface area contributed by atoms with Gasteiger partial charge in [0.1, 0.15) is 0 Å². The monoisotopic (exact) mass is 257 g/mol. The molecule has 2 N–H and O–H groups in total. The van der Waals surface area contributed by atoms with Gasteiger partial charge in [0.2, 0.25) is 5.91 Å². The molecule has 0 aromatic heterocycles. The van der Waals surface area contributed by atoms with Crippen LogP contribution in [0, 0.1) is 0 Å². The van der Waals surface area contributed by atoms with Crippen LogP contribution in [0.15, 0.2) is 0 Å². The van der Waals surface area contributed by atoms with Crippen molar-refractivity contribution in [2.75, 3.05) is 39.4 Å². The average molecular weight is 257 g/mol. The Kier molecular flexibility index (Phi) is 6.60. The third kappa shape index (κ3) is 3.93. The third-order valence-electron chi connectivity index (χ3n) is 3.69. The fourth-order valence-electron chi connectivity index (χ4n) is 2.53. The van der Waals surface area contributed by atoms with Gasteiger partial charge in [-0.05, 0) is 20.8 Å². The minimum atomic E-state index is 0.136. The first-order valence-corrected chi connectivity index (χ1v) is 6.95. The van der Waals surface area contributed by atoms with Crippen molar-refractivity contribution >= 4 is 5.91 Å². The van der Waals surface area contributed by atoms with E-state index in [0.717, 1.165) is 32.8 Å². The van der Waals surface area contributed by atoms with E-state index in [9.17, 15) is 4.79 Å². The van der Waals surface area contributed by atoms with Gasteiger partial charge in [0, 0.05) is 44.7 Å². The Hall–Kier alpha value is -0.650. The zero-order valence-electron chi connectivity index (χ0n) is 11.9. The minimum Gasteiger partial charge on any atom is -0.379 e. The summed E-state index contributed by atoms with van der Waals surface area (Å²) >= 11 is 0. The first kappa shape index (κ1) is 15.4. The highest BCUT2D eigenvalue weighted by atomic mass is 16.5. The summed E-state index contributed by atoms with van der Waals surface area (Å²) in [6, 6.07) is 0.480. The molecule has 0 bridgehead atoms. The standard InChI is InChI=1S/C13H27N3O2/c1-4-15(5-2)13(17)8-12(9-14)16-6-7-18-10-11(16)3/h11-12H,4-10,14H2,1-3H3. The molecule has 0 saturated carbocycles. The number of morpholine rings is 1. The minimum absolute atomic E-state index is 0.136. The molecule has 106 valence electrons. The van der Waals surface area contributed by atoms with Gasteiger partial charge in [-0.15, -0.1) is 0 Å². The van der Waals surface area contributed by atoms with Gasteiger partial charge >= 0.3 is 0 Å². The van der Waals surface area contributed by atoms with E-state index in [0.29, 0.717) is 19.0 Å². The van der Waals surface area contributed by atoms with Gasteiger partial charge in [-0.1, -0.05) is 0 Å². The number of rotatable bonds is 6. The number of nitrogens with two attached hydrogens (primary N) is 1. The van der Waals surface area contributed by atoms with Crippen molar-refractivity contribution < 1.29 is 9.53 Å². The SMILES string of the molecule is CCN(CC)C(=O)CC(CN)N1CCOCC1C. The van der Waals surface area contributed by atoms with Crippen molar-refractivity contribution in [1.82, 2.24) is 9.80 Å². The maximum Gasteiger partial charge on any atom is 0.224 e. The molecule has 1 aliphatic heterocycles. The van der Waals surface area contributed by atoms with Gasteiger partial charge < -0.3 is 15.4 Å². The van der Waals surface area contributed by atoms with Crippen molar-refractivity contribution in [2.45, 2.75) is 39.3 Å². The summed E-state index contributed by atoms with van der Waals surface area (Å²) in [6.07, 6.45) is 0.516. The highest BCUT2D eigenvalue weighted by Gasteiger charge is 2.28. The molecule has 0 aromatic carbocycles. The molecule has 1 fully saturated rings. The molecule has 0 spiro atoms. The third-order valence-corrected chi connectivity index (χ3v) is 3.69. The topological polar surface area (TPSA) is 58.8 Å². The van der Waals surface area contributed by atoms with E-state index in [1.54, 1.807) is 0 Å². The van der Waals surface area contributed by atoms with Crippen LogP contribution in [0.1, 0.15) is 27.2 Å². The molecular formula is C13H27N3O2. The van der Waals surface area contributed by atoms with Crippen molar-refractivity contribution in [2.24, 2.45) is 5.73 Å². The molecule has 0 aromatic rings. The van der Waals surface area contributed by atoms with Crippen LogP contribution in [-0.2, 0) is 9.53 Å². The van der Waals surface area contributed by atoms with Crippen molar-refractivity contribution in [3.8, 4) is 0 Å². The number of carbonyl (C=O) groups is 1. The molecule has 1 rings (SSSR count). The van der Waals surface area contributed by atoms with Crippen LogP contribution >= 0.6 is 0 Å². The van der Waals surface area contributed by atoms with Crippen molar-refractivity contribution in [3.05, 3.63) is 0 Å². The molecule has 1 aliphatic rings. The average Bonchev–Trinajstić information content (AvgIpc) is 2.38. The molecule has 0 radical (unpaired) electrons. The number of hydrogen-bond acceptors (Lipinski definition) is 4. The van der Waals surface area contributed by atoms with E-state index >= 15 is 0 Å². The summed E-state index contributed by atoms with van der Waals surface area (Å²) in [5.74, 6) is 0.203. The Morgan fingerprint density at radius 2 is 2.17 bits per heavy atom. The maximum absolute atomic E-state index is 12.1. The number of amides is 1. The quantitative estimate of drug-likeness (QED) is 0.743. The lowest BCUT2D eigenvalue weighted by Crippen LogP contribution is -2.53. The van der Waals surface area contributed by atoms with Crippen LogP contribution in [-0.4, -0.2) is 67.2 Å². The van der Waals surface area contributed by atoms with E-state index in [1.807, 2.05) is 18.7 Å². The number of nitrogens with zero attached hydrogens (tertiary/aromatic N) is 2. The van der Waals surface area contributed by atoms with Gasteiger partial charge in [0.05, 0.1) is 13.2 Å². The fourth-order valence-corrected chi connectivity index (χ4v) is 2.53. The highest BCUT2D eigenvalue weighted by Crippen LogP contribution is 2.14. The first-order chi connectivity index (χ1) is 8.63. The zero-order valence-corrected chi connectivity index (χ0v) is 11.9. The highest BCUT2D eigenvalue weighted by molar-refractivity contribution is 5.76. The number of ether oxygens (including phenoxy) is 1. The summed E-state index contributed by atoms with van der Waals surface area (Å²) in [7, 11) is 0. The molecule has 5 heteroatoms. The summed E-state index contributed by atoms with van der Waals surface area (Å²) in [5.41, 5.74) is 5.84. The smallest absolute Gasteiger partial charge is 0.224 e. The second-order valence-corrected chi connectivity index (χ2v) is 4.82. The Morgan fingerprint density at radius 3 is 2.67 bits per heavy atom. The predicted molar refractivity (Wildman–Crippen MR) is 72.4 cm³/mol. The summed E-state index contributed by atoms with van der Waals surface area (Å²) in [6.45, 7) is 10.6. The van der Waals surface area contributed by atoms with Crippen molar-refractivity contribution in [1.29, 1.82) is 0 Å². The van der Waals surface area contributed by atoms with Gasteiger partial charge in [0.15, 0.2) is 0 Å². The second-order valence-electron chi connectivity index (χ2n) is 4.82. The summed E-state index contributed by atoms with van der Waals surface area (Å²) < 4.78 is 5.42. The summed E-state index contributed by atoms with van der Waals surface area (Å²) in [5, 5.41) is 0. The lowest BCUT2D eigenvalue weighted by Gasteiger charge is -2.39. The molecule has 2 unspecified atom stereocenters. The normalized spacial score (nSPS) is 22.8. The molecule has 1 heterocycles. The van der Waals surface area contributed by atoms with Crippen LogP contribution < -0.4 is 5.73 Å². The number of carbonyl (C=O) groups excluding carboxylic acids is 1. The molecule has 1 amide bonds. The molecule has 2 atom stereocenters. The molecular weight excluding hydrogens is 230 g/mol. The second kappa shape index (κ2) is 7.71. The van der Waals surface area contributed by atoms with E-state index in [-0.39, 0.29) is 11.9 Å². The Labute approximate surface area is 110 Å². The van der Waals surface area contributed by atoms with Gasteiger partial charge in [-0.25, -0.2) is 0 Å². The van der Waals surface area contributed by atoms with E-state index in [2.05, 4.69) is 11.8 Å². The first-order valence-electron chi connectivity index (χ1n) is 6.95. The maximum atomic E-state index is 12.1. The van der Waals surface area contributed by atoms with E-state index < -0.39 is 0 Å². The molecule has 18 heavy (non-hydrogen) atoms. The van der Waals surface area contributed by atoms with Crippen LogP contribution in [0.25, 0.3) is 0 Å². The fraction of sp³-hybridized carbons (Fsp3) is 0.923. The van der Waals surface area contributed by atoms with Crippen LogP contribution in [0.5, 0.6) is 0 Å². The Balaban J connectivity index is 2.57. The van der Waals surface area contributed by atoms with Crippen LogP contribution in [0.2, 0.25) is 0 Å². The zero-order chi connectivity index (χ0) is 13.5. The predicted octanol–water partition coefficient (Wildman–Crippen LogP) is 0.293. The number of hydrogen-bond donors (Lipinski definition) is 1. The molecule has 5 nitrogen and oxygen atoms in total. The lowest BCUT2D eigenvalue weighted by atomic mass is 10.1. The largest absolute Gasteiger partial charge is 0.379 e. The van der Waals surface area contributed by atoms with E-state index in [1.165, 1.54) is 0 Å². The van der Waals surface area contributed by atoms with Crippen LogP contribution in [0.4, 0.5) is 0 Å². The molecule has 1 saturated heterocycles. The molecule has 0 aliphatic carbocycles. The van der Waals surface area contributed by atoms with Crippen molar-refractivity contribution in [3.63, 3.8) is 0 Å². The van der Waals surface area contributed by atoms with Gasteiger partial charge in [0.25, 0.3) is 0 Å². The summed E-state index contributed by atoms with van der Waals surface area (Å²) in [4.78, 5) is 16.3. The lowest BCUT2D eigenvalue weighted by molar-refractivity contribution is -0.133. The van der Waals surface area contributed by atoms with Gasteiger partial charge in [-0.3, -0.25) is 9.69 Å².